The van der Waals surface area contributed by atoms with Gasteiger partial charge in [-0.2, -0.15) is 0 Å². The molecule has 0 saturated carbocycles. The largest absolute Gasteiger partial charge is 0.466 e. The first-order chi connectivity index (χ1) is 16.3. The van der Waals surface area contributed by atoms with Crippen LogP contribution in [-0.2, 0) is 38.1 Å². The summed E-state index contributed by atoms with van der Waals surface area (Å²) in [5.74, 6) is -3.19. The Morgan fingerprint density at radius 2 is 1.06 bits per heavy atom. The first kappa shape index (κ1) is 32.0. The Kier molecular flexibility index (Phi) is 19.2. The summed E-state index contributed by atoms with van der Waals surface area (Å²) in [4.78, 5) is 49.4. The van der Waals surface area contributed by atoms with E-state index in [0.29, 0.717) is 12.8 Å². The summed E-state index contributed by atoms with van der Waals surface area (Å²) in [6.45, 7) is 7.91. The summed E-state index contributed by atoms with van der Waals surface area (Å²) < 4.78 is 21.3. The number of hydrogen-bond donors (Lipinski definition) is 0. The van der Waals surface area contributed by atoms with E-state index in [1.807, 2.05) is 0 Å². The average Bonchev–Trinajstić information content (AvgIpc) is 2.77. The minimum Gasteiger partial charge on any atom is -0.466 e. The second kappa shape index (κ2) is 20.4. The van der Waals surface area contributed by atoms with Gasteiger partial charge in [0.2, 0.25) is 0 Å². The molecule has 0 saturated heterocycles. The molecule has 0 aromatic carbocycles. The van der Waals surface area contributed by atoms with E-state index in [1.54, 1.807) is 0 Å². The second-order valence-electron chi connectivity index (χ2n) is 8.70. The van der Waals surface area contributed by atoms with Crippen molar-refractivity contribution in [1.29, 1.82) is 0 Å². The molecular weight excluding hydrogens is 440 g/mol. The van der Waals surface area contributed by atoms with E-state index in [1.165, 1.54) is 0 Å². The molecule has 0 bridgehead atoms. The second-order valence-corrected chi connectivity index (χ2v) is 8.70. The maximum Gasteiger partial charge on any atom is 0.339 e. The molecule has 0 rings (SSSR count). The highest BCUT2D eigenvalue weighted by molar-refractivity contribution is 5.93. The number of unbranched alkanes of at least 4 members (excludes halogenated alkanes) is 9. The molecule has 0 amide bonds. The Labute approximate surface area is 205 Å². The molecule has 0 spiro atoms. The van der Waals surface area contributed by atoms with Crippen molar-refractivity contribution in [1.82, 2.24) is 0 Å². The molecule has 0 radical (unpaired) electrons. The highest BCUT2D eigenvalue weighted by atomic mass is 16.6. The zero-order chi connectivity index (χ0) is 25.7. The van der Waals surface area contributed by atoms with Crippen LogP contribution < -0.4 is 0 Å². The van der Waals surface area contributed by atoms with E-state index in [9.17, 15) is 19.2 Å². The van der Waals surface area contributed by atoms with Crippen molar-refractivity contribution in [2.75, 3.05) is 19.8 Å². The maximum atomic E-state index is 13.1. The van der Waals surface area contributed by atoms with Crippen LogP contribution in [0.5, 0.6) is 0 Å². The van der Waals surface area contributed by atoms with Gasteiger partial charge >= 0.3 is 23.9 Å². The van der Waals surface area contributed by atoms with Crippen LogP contribution in [0.2, 0.25) is 0 Å². The first-order valence-corrected chi connectivity index (χ1v) is 13.0. The van der Waals surface area contributed by atoms with Gasteiger partial charge in [-0.15, -0.1) is 0 Å². The minimum atomic E-state index is -1.88. The molecule has 8 heteroatoms. The van der Waals surface area contributed by atoms with E-state index >= 15 is 0 Å². The molecule has 0 heterocycles. The number of hydrogen-bond acceptors (Lipinski definition) is 8. The summed E-state index contributed by atoms with van der Waals surface area (Å²) in [5.41, 5.74) is -1.88. The Morgan fingerprint density at radius 3 is 1.56 bits per heavy atom. The van der Waals surface area contributed by atoms with Crippen LogP contribution >= 0.6 is 0 Å². The lowest BCUT2D eigenvalue weighted by molar-refractivity contribution is -0.186. The quantitative estimate of drug-likeness (QED) is 0.0914. The molecule has 0 aromatic rings. The first-order valence-electron chi connectivity index (χ1n) is 13.0. The molecule has 0 N–H and O–H groups in total. The lowest BCUT2D eigenvalue weighted by atomic mass is 9.94. The van der Waals surface area contributed by atoms with E-state index in [2.05, 4.69) is 25.5 Å². The minimum absolute atomic E-state index is 0.160. The SMILES string of the molecule is CCCCCCOC(=O)CC(CC(=O)OC(C)=O)(OCCCCCC)C(=O)OCCCCCC. The molecule has 0 aliphatic rings. The summed E-state index contributed by atoms with van der Waals surface area (Å²) in [7, 11) is 0. The Hall–Kier alpha value is -1.96. The summed E-state index contributed by atoms with van der Waals surface area (Å²) >= 11 is 0. The number of esters is 4. The van der Waals surface area contributed by atoms with Crippen molar-refractivity contribution in [3.05, 3.63) is 0 Å². The van der Waals surface area contributed by atoms with Crippen LogP contribution in [0.1, 0.15) is 118 Å². The van der Waals surface area contributed by atoms with Crippen molar-refractivity contribution >= 4 is 23.9 Å². The molecule has 1 unspecified atom stereocenters. The molecule has 0 aromatic heterocycles. The molecule has 0 aliphatic heterocycles. The average molecular weight is 487 g/mol. The van der Waals surface area contributed by atoms with Gasteiger partial charge < -0.3 is 18.9 Å². The van der Waals surface area contributed by atoms with Crippen LogP contribution in [0, 0.1) is 0 Å². The zero-order valence-corrected chi connectivity index (χ0v) is 21.8. The third-order valence-electron chi connectivity index (χ3n) is 5.36. The van der Waals surface area contributed by atoms with Gasteiger partial charge in [-0.25, -0.2) is 4.79 Å². The topological polar surface area (TPSA) is 105 Å². The standard InChI is InChI=1S/C26H46O8/c1-5-8-11-14-17-31-23(28)20-26(21-24(29)34-22(4)27,33-19-16-13-10-7-3)25(30)32-18-15-12-9-6-2/h5-21H2,1-4H3. The molecule has 0 aliphatic carbocycles. The van der Waals surface area contributed by atoms with Crippen LogP contribution in [0.15, 0.2) is 0 Å². The van der Waals surface area contributed by atoms with E-state index in [0.717, 1.165) is 71.1 Å². The maximum absolute atomic E-state index is 13.1. The van der Waals surface area contributed by atoms with Crippen LogP contribution in [0.25, 0.3) is 0 Å². The lowest BCUT2D eigenvalue weighted by Gasteiger charge is -2.30. The van der Waals surface area contributed by atoms with Crippen molar-refractivity contribution < 1.29 is 38.1 Å². The fourth-order valence-corrected chi connectivity index (χ4v) is 3.42. The third-order valence-corrected chi connectivity index (χ3v) is 5.36. The van der Waals surface area contributed by atoms with Gasteiger partial charge in [0.25, 0.3) is 0 Å². The van der Waals surface area contributed by atoms with Gasteiger partial charge in [0, 0.05) is 13.5 Å². The van der Waals surface area contributed by atoms with Crippen molar-refractivity contribution in [2.24, 2.45) is 0 Å². The molecule has 0 fully saturated rings. The lowest BCUT2D eigenvalue weighted by Crippen LogP contribution is -2.48. The number of carbonyl (C=O) groups is 4. The van der Waals surface area contributed by atoms with Crippen LogP contribution in [0.4, 0.5) is 0 Å². The molecule has 34 heavy (non-hydrogen) atoms. The van der Waals surface area contributed by atoms with E-state index in [-0.39, 0.29) is 19.8 Å². The highest BCUT2D eigenvalue weighted by Crippen LogP contribution is 2.26. The van der Waals surface area contributed by atoms with Gasteiger partial charge in [0.15, 0.2) is 5.60 Å². The molecular formula is C26H46O8. The fraction of sp³-hybridized carbons (Fsp3) is 0.846. The number of rotatable bonds is 21. The van der Waals surface area contributed by atoms with E-state index in [4.69, 9.17) is 14.2 Å². The molecule has 8 nitrogen and oxygen atoms in total. The molecule has 198 valence electrons. The normalized spacial score (nSPS) is 12.6. The van der Waals surface area contributed by atoms with Crippen molar-refractivity contribution in [2.45, 2.75) is 123 Å². The zero-order valence-electron chi connectivity index (χ0n) is 21.8. The van der Waals surface area contributed by atoms with Gasteiger partial charge in [-0.1, -0.05) is 78.6 Å². The Bertz CT molecular complexity index is 589. The van der Waals surface area contributed by atoms with Crippen LogP contribution in [-0.4, -0.2) is 49.3 Å². The van der Waals surface area contributed by atoms with Gasteiger partial charge in [0.05, 0.1) is 26.1 Å². The summed E-state index contributed by atoms with van der Waals surface area (Å²) in [6, 6.07) is 0. The Morgan fingerprint density at radius 1 is 0.588 bits per heavy atom. The van der Waals surface area contributed by atoms with Gasteiger partial charge in [-0.3, -0.25) is 14.4 Å². The highest BCUT2D eigenvalue weighted by Gasteiger charge is 2.46. The fourth-order valence-electron chi connectivity index (χ4n) is 3.42. The number of carbonyl (C=O) groups excluding carboxylic acids is 4. The number of ether oxygens (including phenoxy) is 4. The van der Waals surface area contributed by atoms with Gasteiger partial charge in [-0.05, 0) is 19.3 Å². The predicted octanol–water partition coefficient (Wildman–Crippen LogP) is 5.44. The van der Waals surface area contributed by atoms with Crippen molar-refractivity contribution in [3.8, 4) is 0 Å². The predicted molar refractivity (Wildman–Crippen MR) is 129 cm³/mol. The van der Waals surface area contributed by atoms with Crippen molar-refractivity contribution in [3.63, 3.8) is 0 Å². The van der Waals surface area contributed by atoms with Gasteiger partial charge in [0.1, 0.15) is 0 Å². The third kappa shape index (κ3) is 15.8. The molecule has 1 atom stereocenters. The summed E-state index contributed by atoms with van der Waals surface area (Å²) in [5, 5.41) is 0. The van der Waals surface area contributed by atoms with E-state index < -0.39 is 42.3 Å². The van der Waals surface area contributed by atoms with Crippen LogP contribution in [0.3, 0.4) is 0 Å². The smallest absolute Gasteiger partial charge is 0.339 e. The Balaban J connectivity index is 5.42. The summed E-state index contributed by atoms with van der Waals surface area (Å²) in [6.07, 6.45) is 9.91. The monoisotopic (exact) mass is 486 g/mol.